The number of amides is 2. The van der Waals surface area contributed by atoms with Crippen LogP contribution in [0.2, 0.25) is 10.0 Å². The molecule has 3 aromatic carbocycles. The molecule has 214 valence electrons. The van der Waals surface area contributed by atoms with Gasteiger partial charge >= 0.3 is 0 Å². The first-order valence-corrected chi connectivity index (χ1v) is 15.5. The summed E-state index contributed by atoms with van der Waals surface area (Å²) in [6.45, 7) is 8.44. The Morgan fingerprint density at radius 3 is 2.25 bits per heavy atom. The summed E-state index contributed by atoms with van der Waals surface area (Å²) in [5.41, 5.74) is 1.15. The average Bonchev–Trinajstić information content (AvgIpc) is 2.86. The molecule has 0 aliphatic heterocycles. The number of benzene rings is 3. The summed E-state index contributed by atoms with van der Waals surface area (Å²) < 4.78 is 29.6. The summed E-state index contributed by atoms with van der Waals surface area (Å²) in [5.74, 6) is -0.965. The predicted octanol–water partition coefficient (Wildman–Crippen LogP) is 6.59. The Balaban J connectivity index is 2.08. The van der Waals surface area contributed by atoms with E-state index in [4.69, 9.17) is 23.2 Å². The zero-order chi connectivity index (χ0) is 29.8. The molecule has 0 radical (unpaired) electrons. The molecule has 11 heteroatoms. The minimum absolute atomic E-state index is 0.0148. The van der Waals surface area contributed by atoms with Crippen LogP contribution in [0.15, 0.2) is 76.1 Å². The normalized spacial score (nSPS) is 12.5. The molecular weight excluding hydrogens is 637 g/mol. The van der Waals surface area contributed by atoms with Crippen LogP contribution in [0.3, 0.4) is 0 Å². The van der Waals surface area contributed by atoms with E-state index in [-0.39, 0.29) is 33.1 Å². The number of rotatable bonds is 9. The van der Waals surface area contributed by atoms with Gasteiger partial charge in [-0.15, -0.1) is 0 Å². The third-order valence-electron chi connectivity index (χ3n) is 5.97. The molecule has 0 bridgehead atoms. The monoisotopic (exact) mass is 667 g/mol. The molecule has 2 amide bonds. The van der Waals surface area contributed by atoms with Gasteiger partial charge in [-0.2, -0.15) is 0 Å². The van der Waals surface area contributed by atoms with Crippen LogP contribution in [0.4, 0.5) is 5.69 Å². The third-order valence-corrected chi connectivity index (χ3v) is 8.79. The van der Waals surface area contributed by atoms with E-state index in [0.29, 0.717) is 0 Å². The number of nitrogens with zero attached hydrogens (tertiary/aromatic N) is 2. The van der Waals surface area contributed by atoms with E-state index >= 15 is 0 Å². The Kier molecular flexibility index (Phi) is 10.3. The number of halogens is 3. The van der Waals surface area contributed by atoms with Crippen LogP contribution in [0.1, 0.15) is 38.8 Å². The molecule has 0 spiro atoms. The number of nitrogens with one attached hydrogen (secondary N) is 1. The maximum atomic E-state index is 14.0. The van der Waals surface area contributed by atoms with Crippen molar-refractivity contribution in [2.45, 2.75) is 57.6 Å². The minimum atomic E-state index is -4.26. The summed E-state index contributed by atoms with van der Waals surface area (Å²) in [6.07, 6.45) is 0. The largest absolute Gasteiger partial charge is 0.350 e. The van der Waals surface area contributed by atoms with Crippen LogP contribution < -0.4 is 9.62 Å². The molecule has 0 fully saturated rings. The van der Waals surface area contributed by atoms with Crippen molar-refractivity contribution in [2.75, 3.05) is 10.8 Å². The zero-order valence-corrected chi connectivity index (χ0v) is 26.8. The van der Waals surface area contributed by atoms with Gasteiger partial charge in [0.25, 0.3) is 10.0 Å². The molecule has 0 aliphatic carbocycles. The Morgan fingerprint density at radius 1 is 1.00 bits per heavy atom. The summed E-state index contributed by atoms with van der Waals surface area (Å²) in [5, 5.41) is 3.25. The lowest BCUT2D eigenvalue weighted by Crippen LogP contribution is -2.54. The second-order valence-electron chi connectivity index (χ2n) is 10.5. The van der Waals surface area contributed by atoms with Gasteiger partial charge < -0.3 is 10.2 Å². The first-order chi connectivity index (χ1) is 18.6. The summed E-state index contributed by atoms with van der Waals surface area (Å²) in [4.78, 5) is 28.5. The van der Waals surface area contributed by atoms with E-state index < -0.39 is 34.1 Å². The number of carbonyl (C=O) groups is 2. The smallest absolute Gasteiger partial charge is 0.264 e. The van der Waals surface area contributed by atoms with E-state index in [1.807, 2.05) is 52.0 Å². The number of hydrogen-bond donors (Lipinski definition) is 1. The number of anilines is 1. The number of sulfonamides is 1. The number of carbonyl (C=O) groups excluding carboxylic acids is 2. The number of aryl methyl sites for hydroxylation is 1. The van der Waals surface area contributed by atoms with Gasteiger partial charge in [-0.1, -0.05) is 69.0 Å². The molecule has 0 saturated carbocycles. The predicted molar refractivity (Wildman–Crippen MR) is 164 cm³/mol. The van der Waals surface area contributed by atoms with Crippen molar-refractivity contribution in [3.63, 3.8) is 0 Å². The van der Waals surface area contributed by atoms with E-state index in [1.54, 1.807) is 19.1 Å². The van der Waals surface area contributed by atoms with Crippen molar-refractivity contribution in [2.24, 2.45) is 0 Å². The first-order valence-electron chi connectivity index (χ1n) is 12.5. The van der Waals surface area contributed by atoms with Gasteiger partial charge in [0.05, 0.1) is 15.6 Å². The quantitative estimate of drug-likeness (QED) is 0.279. The molecule has 1 atom stereocenters. The number of hydrogen-bond acceptors (Lipinski definition) is 4. The molecule has 0 aliphatic rings. The van der Waals surface area contributed by atoms with Gasteiger partial charge in [0.1, 0.15) is 12.6 Å². The minimum Gasteiger partial charge on any atom is -0.350 e. The van der Waals surface area contributed by atoms with Crippen LogP contribution in [-0.4, -0.2) is 43.3 Å². The van der Waals surface area contributed by atoms with Gasteiger partial charge in [-0.3, -0.25) is 13.9 Å². The fourth-order valence-electron chi connectivity index (χ4n) is 3.92. The van der Waals surface area contributed by atoms with Gasteiger partial charge in [0, 0.05) is 21.6 Å². The molecule has 40 heavy (non-hydrogen) atoms. The Labute approximate surface area is 254 Å². The highest BCUT2D eigenvalue weighted by Crippen LogP contribution is 2.33. The Bertz CT molecular complexity index is 1490. The molecule has 7 nitrogen and oxygen atoms in total. The molecule has 1 unspecified atom stereocenters. The molecule has 3 rings (SSSR count). The van der Waals surface area contributed by atoms with Crippen molar-refractivity contribution in [3.05, 3.63) is 92.4 Å². The van der Waals surface area contributed by atoms with Gasteiger partial charge in [0.2, 0.25) is 11.8 Å². The molecule has 0 heterocycles. The maximum absolute atomic E-state index is 14.0. The van der Waals surface area contributed by atoms with Gasteiger partial charge in [-0.05, 0) is 82.6 Å². The average molecular weight is 669 g/mol. The second-order valence-corrected chi connectivity index (χ2v) is 14.1. The van der Waals surface area contributed by atoms with Crippen LogP contribution in [0.25, 0.3) is 0 Å². The first kappa shape index (κ1) is 31.9. The lowest BCUT2D eigenvalue weighted by Gasteiger charge is -2.33. The molecular formula is C29H32BrCl2N3O4S. The lowest BCUT2D eigenvalue weighted by molar-refractivity contribution is -0.140. The highest BCUT2D eigenvalue weighted by atomic mass is 79.9. The third kappa shape index (κ3) is 8.22. The standard InChI is InChI=1S/C29H32BrCl2N3O4S/c1-19-9-12-24(13-10-19)40(38,39)35(26-16-23(31)11-14-25(26)32)18-27(36)34(17-21-7-6-8-22(30)15-21)20(2)28(37)33-29(3,4)5/h6-16,20H,17-18H2,1-5H3,(H,33,37). The topological polar surface area (TPSA) is 86.8 Å². The molecule has 3 aromatic rings. The highest BCUT2D eigenvalue weighted by Gasteiger charge is 2.34. The van der Waals surface area contributed by atoms with Crippen molar-refractivity contribution >= 4 is 66.7 Å². The fourth-order valence-corrected chi connectivity index (χ4v) is 6.22. The zero-order valence-electron chi connectivity index (χ0n) is 22.9. The SMILES string of the molecule is Cc1ccc(S(=O)(=O)N(CC(=O)N(Cc2cccc(Br)c2)C(C)C(=O)NC(C)(C)C)c2cc(Cl)ccc2Cl)cc1. The van der Waals surface area contributed by atoms with E-state index in [1.165, 1.54) is 35.2 Å². The van der Waals surface area contributed by atoms with E-state index in [2.05, 4.69) is 21.2 Å². The molecule has 0 saturated heterocycles. The molecule has 1 N–H and O–H groups in total. The van der Waals surface area contributed by atoms with Gasteiger partial charge in [-0.25, -0.2) is 8.42 Å². The highest BCUT2D eigenvalue weighted by molar-refractivity contribution is 9.10. The summed E-state index contributed by atoms with van der Waals surface area (Å²) in [6, 6.07) is 17.1. The van der Waals surface area contributed by atoms with E-state index in [0.717, 1.165) is 19.9 Å². The second kappa shape index (κ2) is 12.9. The fraction of sp³-hybridized carbons (Fsp3) is 0.310. The van der Waals surface area contributed by atoms with Gasteiger partial charge in [0.15, 0.2) is 0 Å². The van der Waals surface area contributed by atoms with Crippen molar-refractivity contribution in [1.29, 1.82) is 0 Å². The van der Waals surface area contributed by atoms with Crippen molar-refractivity contribution in [1.82, 2.24) is 10.2 Å². The summed E-state index contributed by atoms with van der Waals surface area (Å²) in [7, 11) is -4.26. The van der Waals surface area contributed by atoms with E-state index in [9.17, 15) is 18.0 Å². The van der Waals surface area contributed by atoms with Crippen molar-refractivity contribution in [3.8, 4) is 0 Å². The van der Waals surface area contributed by atoms with Crippen LogP contribution in [0, 0.1) is 6.92 Å². The van der Waals surface area contributed by atoms with Crippen LogP contribution in [-0.2, 0) is 26.2 Å². The Morgan fingerprint density at radius 2 is 1.65 bits per heavy atom. The Hall–Kier alpha value is -2.59. The summed E-state index contributed by atoms with van der Waals surface area (Å²) >= 11 is 16.1. The lowest BCUT2D eigenvalue weighted by atomic mass is 10.1. The van der Waals surface area contributed by atoms with Crippen molar-refractivity contribution < 1.29 is 18.0 Å². The molecule has 0 aromatic heterocycles. The van der Waals surface area contributed by atoms with Crippen LogP contribution >= 0.6 is 39.1 Å². The van der Waals surface area contributed by atoms with Crippen LogP contribution in [0.5, 0.6) is 0 Å². The maximum Gasteiger partial charge on any atom is 0.264 e.